The maximum absolute atomic E-state index is 11.2. The fourth-order valence-corrected chi connectivity index (χ4v) is 2.02. The van der Waals surface area contributed by atoms with Gasteiger partial charge < -0.3 is 4.74 Å². The van der Waals surface area contributed by atoms with Gasteiger partial charge in [-0.1, -0.05) is 37.3 Å². The molecule has 0 saturated carbocycles. The Labute approximate surface area is 83.9 Å². The third-order valence-corrected chi connectivity index (χ3v) is 2.91. The summed E-state index contributed by atoms with van der Waals surface area (Å²) in [5.74, 6) is -0.0734. The minimum absolute atomic E-state index is 0.0734. The normalized spacial score (nSPS) is 26.2. The molecule has 0 N–H and O–H groups in total. The van der Waals surface area contributed by atoms with Crippen LogP contribution < -0.4 is 0 Å². The van der Waals surface area contributed by atoms with Gasteiger partial charge in [-0.25, -0.2) is 0 Å². The Hall–Kier alpha value is -1.31. The Morgan fingerprint density at radius 2 is 2.07 bits per heavy atom. The van der Waals surface area contributed by atoms with E-state index in [9.17, 15) is 4.79 Å². The van der Waals surface area contributed by atoms with Gasteiger partial charge in [-0.05, 0) is 12.0 Å². The first-order valence-electron chi connectivity index (χ1n) is 5.04. The number of esters is 1. The van der Waals surface area contributed by atoms with Crippen molar-refractivity contribution in [2.45, 2.75) is 31.8 Å². The third-order valence-electron chi connectivity index (χ3n) is 2.91. The van der Waals surface area contributed by atoms with Crippen molar-refractivity contribution in [3.63, 3.8) is 0 Å². The maximum atomic E-state index is 11.2. The van der Waals surface area contributed by atoms with Crippen LogP contribution in [0.2, 0.25) is 0 Å². The van der Waals surface area contributed by atoms with Crippen LogP contribution in [0.5, 0.6) is 0 Å². The molecule has 0 bridgehead atoms. The van der Waals surface area contributed by atoms with E-state index in [-0.39, 0.29) is 11.6 Å². The second-order valence-corrected chi connectivity index (χ2v) is 3.69. The van der Waals surface area contributed by atoms with E-state index in [0.717, 1.165) is 18.4 Å². The summed E-state index contributed by atoms with van der Waals surface area (Å²) in [5.41, 5.74) is 0.770. The highest BCUT2D eigenvalue weighted by molar-refractivity contribution is 5.72. The van der Waals surface area contributed by atoms with E-state index in [1.165, 1.54) is 0 Å². The van der Waals surface area contributed by atoms with E-state index in [1.54, 1.807) is 0 Å². The lowest BCUT2D eigenvalue weighted by atomic mass is 9.88. The largest absolute Gasteiger partial charge is 0.454 e. The number of ether oxygens (including phenoxy) is 1. The van der Waals surface area contributed by atoms with Crippen molar-refractivity contribution in [3.8, 4) is 0 Å². The van der Waals surface area contributed by atoms with Crippen LogP contribution in [0.15, 0.2) is 30.3 Å². The summed E-state index contributed by atoms with van der Waals surface area (Å²) in [6, 6.07) is 10.0. The molecular weight excluding hydrogens is 176 g/mol. The van der Waals surface area contributed by atoms with E-state index < -0.39 is 0 Å². The zero-order valence-electron chi connectivity index (χ0n) is 8.32. The quantitative estimate of drug-likeness (QED) is 0.670. The lowest BCUT2D eigenvalue weighted by Gasteiger charge is -2.26. The van der Waals surface area contributed by atoms with Crippen LogP contribution in [0.4, 0.5) is 0 Å². The van der Waals surface area contributed by atoms with Gasteiger partial charge in [-0.3, -0.25) is 4.79 Å². The molecule has 2 nitrogen and oxygen atoms in total. The second-order valence-electron chi connectivity index (χ2n) is 3.69. The number of rotatable bonds is 2. The lowest BCUT2D eigenvalue weighted by molar-refractivity contribution is -0.149. The summed E-state index contributed by atoms with van der Waals surface area (Å²) in [7, 11) is 0. The van der Waals surface area contributed by atoms with E-state index in [1.807, 2.05) is 30.3 Å². The average molecular weight is 190 g/mol. The van der Waals surface area contributed by atoms with Gasteiger partial charge in [0, 0.05) is 12.8 Å². The van der Waals surface area contributed by atoms with Gasteiger partial charge in [-0.15, -0.1) is 0 Å². The molecule has 14 heavy (non-hydrogen) atoms. The summed E-state index contributed by atoms with van der Waals surface area (Å²) in [6.45, 7) is 2.06. The minimum Gasteiger partial charge on any atom is -0.454 e. The molecule has 0 amide bonds. The highest BCUT2D eigenvalue weighted by Gasteiger charge is 2.39. The van der Waals surface area contributed by atoms with Gasteiger partial charge >= 0.3 is 5.97 Å². The maximum Gasteiger partial charge on any atom is 0.306 e. The van der Waals surface area contributed by atoms with Gasteiger partial charge in [0.05, 0.1) is 0 Å². The highest BCUT2D eigenvalue weighted by Crippen LogP contribution is 2.39. The van der Waals surface area contributed by atoms with Crippen molar-refractivity contribution in [1.82, 2.24) is 0 Å². The van der Waals surface area contributed by atoms with Crippen molar-refractivity contribution in [2.24, 2.45) is 0 Å². The molecule has 2 heteroatoms. The predicted octanol–water partition coefficient (Wildman–Crippen LogP) is 2.63. The van der Waals surface area contributed by atoms with Crippen LogP contribution in [0, 0.1) is 0 Å². The zero-order valence-corrected chi connectivity index (χ0v) is 8.32. The summed E-state index contributed by atoms with van der Waals surface area (Å²) in [6.07, 6.45) is 2.21. The van der Waals surface area contributed by atoms with E-state index in [0.29, 0.717) is 6.42 Å². The molecular formula is C12H14O2. The van der Waals surface area contributed by atoms with Crippen molar-refractivity contribution in [2.75, 3.05) is 0 Å². The number of hydrogen-bond acceptors (Lipinski definition) is 2. The number of carbonyl (C=O) groups is 1. The third kappa shape index (κ3) is 1.41. The topological polar surface area (TPSA) is 26.3 Å². The van der Waals surface area contributed by atoms with Gasteiger partial charge in [0.2, 0.25) is 0 Å². The van der Waals surface area contributed by atoms with Crippen LogP contribution in [0.25, 0.3) is 0 Å². The number of benzene rings is 1. The molecule has 0 aromatic heterocycles. The minimum atomic E-state index is -0.349. The highest BCUT2D eigenvalue weighted by atomic mass is 16.6. The van der Waals surface area contributed by atoms with Crippen LogP contribution in [-0.4, -0.2) is 5.97 Å². The van der Waals surface area contributed by atoms with Crippen molar-refractivity contribution in [3.05, 3.63) is 35.9 Å². The number of hydrogen-bond donors (Lipinski definition) is 0. The predicted molar refractivity (Wildman–Crippen MR) is 53.7 cm³/mol. The monoisotopic (exact) mass is 190 g/mol. The summed E-state index contributed by atoms with van der Waals surface area (Å²) in [5, 5.41) is 0. The molecule has 1 saturated heterocycles. The van der Waals surface area contributed by atoms with E-state index in [2.05, 4.69) is 6.92 Å². The molecule has 0 spiro atoms. The molecule has 1 fully saturated rings. The molecule has 0 radical (unpaired) electrons. The van der Waals surface area contributed by atoms with Crippen molar-refractivity contribution in [1.29, 1.82) is 0 Å². The fraction of sp³-hybridized carbons (Fsp3) is 0.417. The molecule has 2 rings (SSSR count). The first-order valence-corrected chi connectivity index (χ1v) is 5.04. The van der Waals surface area contributed by atoms with Crippen molar-refractivity contribution < 1.29 is 9.53 Å². The zero-order chi connectivity index (χ0) is 10.0. The Kier molecular flexibility index (Phi) is 2.28. The first kappa shape index (κ1) is 9.25. The molecule has 1 aliphatic heterocycles. The van der Waals surface area contributed by atoms with Crippen LogP contribution in [-0.2, 0) is 15.1 Å². The molecule has 0 unspecified atom stereocenters. The van der Waals surface area contributed by atoms with E-state index >= 15 is 0 Å². The Balaban J connectivity index is 2.34. The standard InChI is InChI=1S/C12H14O2/c1-2-12(9-8-11(13)14-12)10-6-4-3-5-7-10/h3-7H,2,8-9H2,1H3/t12-/m1/s1. The lowest BCUT2D eigenvalue weighted by Crippen LogP contribution is -2.24. The SMILES string of the molecule is CC[C@]1(c2ccccc2)CCC(=O)O1. The molecule has 74 valence electrons. The number of carbonyl (C=O) groups excluding carboxylic acids is 1. The first-order chi connectivity index (χ1) is 6.77. The summed E-state index contributed by atoms with van der Waals surface area (Å²) >= 11 is 0. The van der Waals surface area contributed by atoms with Crippen LogP contribution >= 0.6 is 0 Å². The molecule has 1 aromatic carbocycles. The van der Waals surface area contributed by atoms with Gasteiger partial charge in [0.1, 0.15) is 5.60 Å². The Bertz CT molecular complexity index is 331. The molecule has 1 atom stereocenters. The Morgan fingerprint density at radius 1 is 1.36 bits per heavy atom. The average Bonchev–Trinajstić information content (AvgIpc) is 2.63. The van der Waals surface area contributed by atoms with Gasteiger partial charge in [0.25, 0.3) is 0 Å². The molecule has 1 heterocycles. The Morgan fingerprint density at radius 3 is 2.57 bits per heavy atom. The van der Waals surface area contributed by atoms with Crippen LogP contribution in [0.1, 0.15) is 31.7 Å². The number of cyclic esters (lactones) is 1. The summed E-state index contributed by atoms with van der Waals surface area (Å²) in [4.78, 5) is 11.2. The van der Waals surface area contributed by atoms with Gasteiger partial charge in [-0.2, -0.15) is 0 Å². The fourth-order valence-electron chi connectivity index (χ4n) is 2.02. The summed E-state index contributed by atoms with van der Waals surface area (Å²) < 4.78 is 5.45. The van der Waals surface area contributed by atoms with Crippen LogP contribution in [0.3, 0.4) is 0 Å². The van der Waals surface area contributed by atoms with Gasteiger partial charge in [0.15, 0.2) is 0 Å². The molecule has 1 aliphatic rings. The molecule has 1 aromatic rings. The molecule has 0 aliphatic carbocycles. The second kappa shape index (κ2) is 3.45. The van der Waals surface area contributed by atoms with Crippen molar-refractivity contribution >= 4 is 5.97 Å². The van der Waals surface area contributed by atoms with E-state index in [4.69, 9.17) is 4.74 Å². The smallest absolute Gasteiger partial charge is 0.306 e.